The van der Waals surface area contributed by atoms with Crippen LogP contribution in [0, 0.1) is 6.92 Å². The van der Waals surface area contributed by atoms with Gasteiger partial charge in [0, 0.05) is 6.61 Å². The van der Waals surface area contributed by atoms with E-state index in [1.807, 2.05) is 36.9 Å². The van der Waals surface area contributed by atoms with Crippen LogP contribution in [0.25, 0.3) is 0 Å². The van der Waals surface area contributed by atoms with Crippen molar-refractivity contribution in [2.45, 2.75) is 38.9 Å². The third-order valence-electron chi connectivity index (χ3n) is 3.65. The van der Waals surface area contributed by atoms with E-state index in [0.717, 1.165) is 29.8 Å². The van der Waals surface area contributed by atoms with Crippen LogP contribution in [0.15, 0.2) is 18.2 Å². The van der Waals surface area contributed by atoms with E-state index in [1.54, 1.807) is 0 Å². The van der Waals surface area contributed by atoms with Gasteiger partial charge in [0.1, 0.15) is 18.0 Å². The molecular weight excluding hydrogens is 242 g/mol. The van der Waals surface area contributed by atoms with Gasteiger partial charge in [-0.05, 0) is 44.4 Å². The molecule has 102 valence electrons. The molecule has 2 atom stereocenters. The summed E-state index contributed by atoms with van der Waals surface area (Å²) in [6.45, 7) is 5.29. The van der Waals surface area contributed by atoms with E-state index >= 15 is 0 Å². The van der Waals surface area contributed by atoms with Crippen LogP contribution in [0.2, 0.25) is 0 Å². The maximum atomic E-state index is 12.5. The number of nitrogens with zero attached hydrogens (tertiary/aromatic N) is 1. The maximum Gasteiger partial charge on any atom is 0.256 e. The molecule has 1 aromatic rings. The van der Waals surface area contributed by atoms with Gasteiger partial charge in [0.25, 0.3) is 5.91 Å². The second-order valence-electron chi connectivity index (χ2n) is 5.35. The highest BCUT2D eigenvalue weighted by molar-refractivity contribution is 5.98. The molecule has 0 aliphatic carbocycles. The summed E-state index contributed by atoms with van der Waals surface area (Å²) in [4.78, 5) is 14.4. The monoisotopic (exact) mass is 261 g/mol. The topological polar surface area (TPSA) is 38.8 Å². The molecule has 2 unspecified atom stereocenters. The van der Waals surface area contributed by atoms with Gasteiger partial charge in [0.2, 0.25) is 0 Å². The van der Waals surface area contributed by atoms with E-state index in [2.05, 4.69) is 0 Å². The number of hydrogen-bond donors (Lipinski definition) is 0. The summed E-state index contributed by atoms with van der Waals surface area (Å²) >= 11 is 0. The second-order valence-corrected chi connectivity index (χ2v) is 5.35. The summed E-state index contributed by atoms with van der Waals surface area (Å²) in [5.41, 5.74) is 2.00. The molecule has 0 aromatic heterocycles. The first-order valence-corrected chi connectivity index (χ1v) is 6.85. The number of hydrogen-bond acceptors (Lipinski definition) is 3. The summed E-state index contributed by atoms with van der Waals surface area (Å²) < 4.78 is 11.3. The number of carbonyl (C=O) groups excluding carboxylic acids is 1. The molecule has 4 nitrogen and oxygen atoms in total. The van der Waals surface area contributed by atoms with Crippen LogP contribution < -0.4 is 9.64 Å². The molecule has 1 amide bonds. The van der Waals surface area contributed by atoms with Gasteiger partial charge >= 0.3 is 0 Å². The Morgan fingerprint density at radius 3 is 3.00 bits per heavy atom. The van der Waals surface area contributed by atoms with Gasteiger partial charge in [0.05, 0.1) is 12.2 Å². The van der Waals surface area contributed by atoms with Crippen molar-refractivity contribution in [3.05, 3.63) is 23.8 Å². The molecule has 0 saturated carbocycles. The Hall–Kier alpha value is -1.55. The van der Waals surface area contributed by atoms with Crippen LogP contribution >= 0.6 is 0 Å². The Bertz CT molecular complexity index is 494. The van der Waals surface area contributed by atoms with Crippen molar-refractivity contribution in [3.63, 3.8) is 0 Å². The van der Waals surface area contributed by atoms with Gasteiger partial charge < -0.3 is 14.4 Å². The number of aryl methyl sites for hydroxylation is 1. The Kier molecular flexibility index (Phi) is 3.19. The zero-order valence-corrected chi connectivity index (χ0v) is 11.4. The van der Waals surface area contributed by atoms with Gasteiger partial charge in [-0.2, -0.15) is 0 Å². The summed E-state index contributed by atoms with van der Waals surface area (Å²) in [6, 6.07) is 5.96. The van der Waals surface area contributed by atoms with E-state index in [9.17, 15) is 4.79 Å². The number of carbonyl (C=O) groups is 1. The minimum atomic E-state index is -0.278. The highest BCUT2D eigenvalue weighted by Gasteiger charge is 2.34. The summed E-state index contributed by atoms with van der Waals surface area (Å²) in [6.07, 6.45) is 1.53. The molecule has 2 heterocycles. The SMILES string of the molecule is Cc1ccc2c(c1)OC(C)CN2C(=O)C1CCCO1. The average molecular weight is 261 g/mol. The molecule has 0 spiro atoms. The normalized spacial score (nSPS) is 25.9. The number of fused-ring (bicyclic) bond motifs is 1. The number of rotatable bonds is 1. The summed E-state index contributed by atoms with van der Waals surface area (Å²) in [5, 5.41) is 0. The fraction of sp³-hybridized carbons (Fsp3) is 0.533. The molecule has 1 saturated heterocycles. The third-order valence-corrected chi connectivity index (χ3v) is 3.65. The highest BCUT2D eigenvalue weighted by atomic mass is 16.5. The predicted octanol–water partition coefficient (Wildman–Crippen LogP) is 2.29. The van der Waals surface area contributed by atoms with E-state index in [-0.39, 0.29) is 18.1 Å². The van der Waals surface area contributed by atoms with E-state index < -0.39 is 0 Å². The first kappa shape index (κ1) is 12.5. The summed E-state index contributed by atoms with van der Waals surface area (Å²) in [7, 11) is 0. The molecule has 0 radical (unpaired) electrons. The van der Waals surface area contributed by atoms with Gasteiger partial charge in [-0.15, -0.1) is 0 Å². The zero-order chi connectivity index (χ0) is 13.4. The number of amides is 1. The minimum absolute atomic E-state index is 0.0136. The zero-order valence-electron chi connectivity index (χ0n) is 11.4. The lowest BCUT2D eigenvalue weighted by Gasteiger charge is -2.34. The van der Waals surface area contributed by atoms with Crippen molar-refractivity contribution in [1.29, 1.82) is 0 Å². The van der Waals surface area contributed by atoms with Gasteiger partial charge in [-0.25, -0.2) is 0 Å². The Morgan fingerprint density at radius 1 is 1.42 bits per heavy atom. The lowest BCUT2D eigenvalue weighted by molar-refractivity contribution is -0.127. The quantitative estimate of drug-likeness (QED) is 0.778. The fourth-order valence-corrected chi connectivity index (χ4v) is 2.70. The van der Waals surface area contributed by atoms with Crippen molar-refractivity contribution in [1.82, 2.24) is 0 Å². The maximum absolute atomic E-state index is 12.5. The van der Waals surface area contributed by atoms with Crippen molar-refractivity contribution < 1.29 is 14.3 Å². The van der Waals surface area contributed by atoms with Crippen LogP contribution in [-0.2, 0) is 9.53 Å². The molecule has 1 fully saturated rings. The van der Waals surface area contributed by atoms with Crippen LogP contribution in [-0.4, -0.2) is 31.3 Å². The van der Waals surface area contributed by atoms with Crippen molar-refractivity contribution >= 4 is 11.6 Å². The average Bonchev–Trinajstić information content (AvgIpc) is 2.90. The predicted molar refractivity (Wildman–Crippen MR) is 72.6 cm³/mol. The molecule has 2 aliphatic rings. The van der Waals surface area contributed by atoms with Crippen molar-refractivity contribution in [2.24, 2.45) is 0 Å². The van der Waals surface area contributed by atoms with Crippen LogP contribution in [0.3, 0.4) is 0 Å². The molecule has 1 aromatic carbocycles. The number of anilines is 1. The number of benzene rings is 1. The number of ether oxygens (including phenoxy) is 2. The molecule has 3 rings (SSSR count). The van der Waals surface area contributed by atoms with Crippen LogP contribution in [0.4, 0.5) is 5.69 Å². The minimum Gasteiger partial charge on any atom is -0.487 e. The third kappa shape index (κ3) is 2.32. The molecule has 0 N–H and O–H groups in total. The lowest BCUT2D eigenvalue weighted by Crippen LogP contribution is -2.46. The van der Waals surface area contributed by atoms with E-state index in [0.29, 0.717) is 13.2 Å². The molecule has 2 aliphatic heterocycles. The lowest BCUT2D eigenvalue weighted by atomic mass is 10.1. The summed E-state index contributed by atoms with van der Waals surface area (Å²) in [5.74, 6) is 0.864. The fourth-order valence-electron chi connectivity index (χ4n) is 2.70. The van der Waals surface area contributed by atoms with Gasteiger partial charge in [-0.1, -0.05) is 6.07 Å². The molecule has 19 heavy (non-hydrogen) atoms. The highest BCUT2D eigenvalue weighted by Crippen LogP contribution is 2.35. The van der Waals surface area contributed by atoms with E-state index in [1.165, 1.54) is 0 Å². The second kappa shape index (κ2) is 4.85. The standard InChI is InChI=1S/C15H19NO3/c1-10-5-6-12-14(8-10)19-11(2)9-16(12)15(17)13-4-3-7-18-13/h5-6,8,11,13H,3-4,7,9H2,1-2H3. The largest absolute Gasteiger partial charge is 0.487 e. The van der Waals surface area contributed by atoms with Crippen LogP contribution in [0.1, 0.15) is 25.3 Å². The smallest absolute Gasteiger partial charge is 0.256 e. The molecular formula is C15H19NO3. The van der Waals surface area contributed by atoms with E-state index in [4.69, 9.17) is 9.47 Å². The molecule has 4 heteroatoms. The van der Waals surface area contributed by atoms with Crippen LogP contribution in [0.5, 0.6) is 5.75 Å². The van der Waals surface area contributed by atoms with Crippen molar-refractivity contribution in [3.8, 4) is 5.75 Å². The Morgan fingerprint density at radius 2 is 2.26 bits per heavy atom. The Balaban J connectivity index is 1.92. The Labute approximate surface area is 113 Å². The van der Waals surface area contributed by atoms with Crippen molar-refractivity contribution in [2.75, 3.05) is 18.1 Å². The van der Waals surface area contributed by atoms with Gasteiger partial charge in [-0.3, -0.25) is 4.79 Å². The van der Waals surface area contributed by atoms with Gasteiger partial charge in [0.15, 0.2) is 0 Å². The molecule has 0 bridgehead atoms. The first-order valence-electron chi connectivity index (χ1n) is 6.85. The first-order chi connectivity index (χ1) is 9.15.